The Hall–Kier alpha value is -2.22. The second-order valence-electron chi connectivity index (χ2n) is 4.15. The quantitative estimate of drug-likeness (QED) is 0.630. The molecule has 0 spiro atoms. The average molecular weight is 270 g/mol. The first-order chi connectivity index (χ1) is 8.99. The Kier molecular flexibility index (Phi) is 3.61. The van der Waals surface area contributed by atoms with Gasteiger partial charge >= 0.3 is 5.97 Å². The fourth-order valence-corrected chi connectivity index (χ4v) is 1.92. The van der Waals surface area contributed by atoms with Gasteiger partial charge in [0.25, 0.3) is 5.69 Å². The SMILES string of the molecule is O=C(O)C1COCC1Nc1cc(F)ccc1[N+](=O)[O-]. The normalized spacial score (nSPS) is 22.2. The molecule has 0 bridgehead atoms. The molecule has 8 heteroatoms. The van der Waals surface area contributed by atoms with Crippen molar-refractivity contribution < 1.29 is 24.0 Å². The van der Waals surface area contributed by atoms with E-state index in [2.05, 4.69) is 5.32 Å². The summed E-state index contributed by atoms with van der Waals surface area (Å²) >= 11 is 0. The van der Waals surface area contributed by atoms with E-state index in [0.29, 0.717) is 0 Å². The average Bonchev–Trinajstić information content (AvgIpc) is 2.76. The van der Waals surface area contributed by atoms with Crippen molar-refractivity contribution in [1.82, 2.24) is 0 Å². The molecule has 1 aromatic carbocycles. The summed E-state index contributed by atoms with van der Waals surface area (Å²) in [4.78, 5) is 21.1. The third kappa shape index (κ3) is 2.79. The number of nitrogens with zero attached hydrogens (tertiary/aromatic N) is 1. The number of nitro benzene ring substituents is 1. The summed E-state index contributed by atoms with van der Waals surface area (Å²) in [7, 11) is 0. The molecular formula is C11H11FN2O5. The van der Waals surface area contributed by atoms with Gasteiger partial charge in [0.15, 0.2) is 0 Å². The zero-order valence-corrected chi connectivity index (χ0v) is 9.71. The van der Waals surface area contributed by atoms with E-state index in [4.69, 9.17) is 9.84 Å². The van der Waals surface area contributed by atoms with Crippen LogP contribution in [0.4, 0.5) is 15.8 Å². The molecule has 2 N–H and O–H groups in total. The van der Waals surface area contributed by atoms with Gasteiger partial charge in [-0.1, -0.05) is 0 Å². The van der Waals surface area contributed by atoms with E-state index in [1.54, 1.807) is 0 Å². The Labute approximate surface area is 107 Å². The van der Waals surface area contributed by atoms with E-state index < -0.39 is 28.7 Å². The Balaban J connectivity index is 2.25. The van der Waals surface area contributed by atoms with E-state index in [1.165, 1.54) is 0 Å². The highest BCUT2D eigenvalue weighted by atomic mass is 19.1. The van der Waals surface area contributed by atoms with Gasteiger partial charge in [-0.15, -0.1) is 0 Å². The van der Waals surface area contributed by atoms with Crippen LogP contribution in [0.2, 0.25) is 0 Å². The van der Waals surface area contributed by atoms with Crippen LogP contribution in [0.15, 0.2) is 18.2 Å². The molecule has 1 heterocycles. The highest BCUT2D eigenvalue weighted by molar-refractivity contribution is 5.73. The minimum atomic E-state index is -1.06. The van der Waals surface area contributed by atoms with E-state index in [-0.39, 0.29) is 24.6 Å². The van der Waals surface area contributed by atoms with Gasteiger partial charge < -0.3 is 15.2 Å². The lowest BCUT2D eigenvalue weighted by molar-refractivity contribution is -0.384. The van der Waals surface area contributed by atoms with Crippen molar-refractivity contribution in [2.75, 3.05) is 18.5 Å². The maximum atomic E-state index is 13.1. The fraction of sp³-hybridized carbons (Fsp3) is 0.364. The summed E-state index contributed by atoms with van der Waals surface area (Å²) in [5.41, 5.74) is -0.357. The zero-order valence-electron chi connectivity index (χ0n) is 9.71. The summed E-state index contributed by atoms with van der Waals surface area (Å²) in [6, 6.07) is 2.35. The maximum absolute atomic E-state index is 13.1. The molecule has 0 amide bonds. The molecule has 0 aromatic heterocycles. The zero-order chi connectivity index (χ0) is 14.0. The Morgan fingerprint density at radius 1 is 1.53 bits per heavy atom. The lowest BCUT2D eigenvalue weighted by Crippen LogP contribution is -2.33. The van der Waals surface area contributed by atoms with Crippen LogP contribution in [-0.4, -0.2) is 35.3 Å². The van der Waals surface area contributed by atoms with Gasteiger partial charge in [-0.2, -0.15) is 0 Å². The Morgan fingerprint density at radius 2 is 2.26 bits per heavy atom. The summed E-state index contributed by atoms with van der Waals surface area (Å²) in [6.07, 6.45) is 0. The minimum Gasteiger partial charge on any atom is -0.481 e. The largest absolute Gasteiger partial charge is 0.481 e. The highest BCUT2D eigenvalue weighted by Gasteiger charge is 2.35. The molecule has 102 valence electrons. The lowest BCUT2D eigenvalue weighted by Gasteiger charge is -2.16. The van der Waals surface area contributed by atoms with Crippen LogP contribution < -0.4 is 5.32 Å². The van der Waals surface area contributed by atoms with E-state index in [9.17, 15) is 19.3 Å². The van der Waals surface area contributed by atoms with Gasteiger partial charge in [0.2, 0.25) is 0 Å². The summed E-state index contributed by atoms with van der Waals surface area (Å²) in [5, 5.41) is 22.5. The first-order valence-electron chi connectivity index (χ1n) is 5.50. The van der Waals surface area contributed by atoms with Crippen LogP contribution in [0.5, 0.6) is 0 Å². The molecule has 1 aromatic rings. The van der Waals surface area contributed by atoms with Crippen molar-refractivity contribution >= 4 is 17.3 Å². The number of benzene rings is 1. The number of carboxylic acids is 1. The number of nitro groups is 1. The second-order valence-corrected chi connectivity index (χ2v) is 4.15. The van der Waals surface area contributed by atoms with Crippen LogP contribution in [0.25, 0.3) is 0 Å². The maximum Gasteiger partial charge on any atom is 0.311 e. The van der Waals surface area contributed by atoms with Crippen molar-refractivity contribution in [3.05, 3.63) is 34.1 Å². The van der Waals surface area contributed by atoms with Gasteiger partial charge in [-0.3, -0.25) is 14.9 Å². The number of nitrogens with one attached hydrogen (secondary N) is 1. The van der Waals surface area contributed by atoms with Crippen LogP contribution in [0, 0.1) is 21.8 Å². The molecule has 0 radical (unpaired) electrons. The van der Waals surface area contributed by atoms with Gasteiger partial charge in [-0.05, 0) is 6.07 Å². The number of ether oxygens (including phenoxy) is 1. The number of hydrogen-bond acceptors (Lipinski definition) is 5. The molecule has 7 nitrogen and oxygen atoms in total. The molecule has 2 atom stereocenters. The molecule has 1 aliphatic rings. The topological polar surface area (TPSA) is 102 Å². The summed E-state index contributed by atoms with van der Waals surface area (Å²) in [5.74, 6) is -2.52. The smallest absolute Gasteiger partial charge is 0.311 e. The fourth-order valence-electron chi connectivity index (χ4n) is 1.92. The molecule has 1 saturated heterocycles. The third-order valence-corrected chi connectivity index (χ3v) is 2.89. The predicted octanol–water partition coefficient (Wildman–Crippen LogP) is 1.25. The highest BCUT2D eigenvalue weighted by Crippen LogP contribution is 2.28. The molecule has 1 fully saturated rings. The molecule has 2 unspecified atom stereocenters. The second kappa shape index (κ2) is 5.19. The number of rotatable bonds is 4. The molecule has 1 aliphatic heterocycles. The van der Waals surface area contributed by atoms with Gasteiger partial charge in [0.05, 0.1) is 24.2 Å². The van der Waals surface area contributed by atoms with Crippen molar-refractivity contribution in [2.45, 2.75) is 6.04 Å². The van der Waals surface area contributed by atoms with E-state index >= 15 is 0 Å². The predicted molar refractivity (Wildman–Crippen MR) is 62.4 cm³/mol. The Bertz CT molecular complexity index is 522. The first-order valence-corrected chi connectivity index (χ1v) is 5.50. The number of carboxylic acid groups (broad SMARTS) is 1. The first kappa shape index (κ1) is 13.2. The molecule has 19 heavy (non-hydrogen) atoms. The number of carbonyl (C=O) groups is 1. The number of halogens is 1. The molecular weight excluding hydrogens is 259 g/mol. The Morgan fingerprint density at radius 3 is 2.89 bits per heavy atom. The van der Waals surface area contributed by atoms with Gasteiger partial charge in [-0.25, -0.2) is 4.39 Å². The van der Waals surface area contributed by atoms with Crippen molar-refractivity contribution in [3.8, 4) is 0 Å². The standard InChI is InChI=1S/C11H11FN2O5/c12-6-1-2-10(14(17)18)8(3-6)13-9-5-19-4-7(9)11(15)16/h1-3,7,9,13H,4-5H2,(H,15,16). The number of hydrogen-bond donors (Lipinski definition) is 2. The van der Waals surface area contributed by atoms with Gasteiger partial charge in [0.1, 0.15) is 17.4 Å². The van der Waals surface area contributed by atoms with Crippen molar-refractivity contribution in [1.29, 1.82) is 0 Å². The third-order valence-electron chi connectivity index (χ3n) is 2.89. The summed E-state index contributed by atoms with van der Waals surface area (Å²) in [6.45, 7) is 0.126. The van der Waals surface area contributed by atoms with Crippen LogP contribution >= 0.6 is 0 Å². The van der Waals surface area contributed by atoms with Crippen LogP contribution in [0.1, 0.15) is 0 Å². The molecule has 0 saturated carbocycles. The van der Waals surface area contributed by atoms with Crippen molar-refractivity contribution in [3.63, 3.8) is 0 Å². The number of anilines is 1. The van der Waals surface area contributed by atoms with Crippen LogP contribution in [0.3, 0.4) is 0 Å². The van der Waals surface area contributed by atoms with Crippen molar-refractivity contribution in [2.24, 2.45) is 5.92 Å². The monoisotopic (exact) mass is 270 g/mol. The summed E-state index contributed by atoms with van der Waals surface area (Å²) < 4.78 is 18.2. The minimum absolute atomic E-state index is 0.0239. The van der Waals surface area contributed by atoms with E-state index in [1.807, 2.05) is 0 Å². The van der Waals surface area contributed by atoms with Gasteiger partial charge in [0, 0.05) is 12.1 Å². The lowest BCUT2D eigenvalue weighted by atomic mass is 10.0. The molecule has 0 aliphatic carbocycles. The van der Waals surface area contributed by atoms with E-state index in [0.717, 1.165) is 18.2 Å². The molecule has 2 rings (SSSR count). The van der Waals surface area contributed by atoms with Crippen LogP contribution in [-0.2, 0) is 9.53 Å². The number of aliphatic carboxylic acids is 1.